The molecule has 1 fully saturated rings. The molecular weight excluding hydrogens is 220 g/mol. The van der Waals surface area contributed by atoms with Gasteiger partial charge in [-0.3, -0.25) is 9.11 Å². The molecule has 0 aliphatic heterocycles. The summed E-state index contributed by atoms with van der Waals surface area (Å²) >= 11 is 0. The molecule has 0 unspecified atom stereocenters. The normalized spacial score (nSPS) is 14.5. The molecule has 8 heteroatoms. The monoisotopic (exact) mass is 234 g/mol. The molecule has 0 atom stereocenters. The minimum absolute atomic E-state index is 0.715. The van der Waals surface area contributed by atoms with Gasteiger partial charge >= 0.3 is 0 Å². The molecule has 0 bridgehead atoms. The van der Waals surface area contributed by atoms with Gasteiger partial charge in [-0.2, -0.15) is 16.8 Å². The van der Waals surface area contributed by atoms with Crippen LogP contribution in [0, 0.1) is 0 Å². The first-order chi connectivity index (χ1) is 5.50. The van der Waals surface area contributed by atoms with Crippen molar-refractivity contribution >= 4 is 20.2 Å². The average molecular weight is 234 g/mol. The number of hydrogen-bond donors (Lipinski definition) is 2. The highest BCUT2D eigenvalue weighted by Gasteiger charge is 1.95. The van der Waals surface area contributed by atoms with Crippen LogP contribution in [0.5, 0.6) is 0 Å². The Morgan fingerprint density at radius 3 is 0.846 bits per heavy atom. The maximum absolute atomic E-state index is 9.19. The van der Waals surface area contributed by atoms with E-state index in [1.807, 2.05) is 0 Å². The van der Waals surface area contributed by atoms with E-state index < -0.39 is 20.2 Å². The lowest BCUT2D eigenvalue weighted by Gasteiger charge is -1.69. The van der Waals surface area contributed by atoms with Crippen molar-refractivity contribution in [2.75, 3.05) is 12.5 Å². The Labute approximate surface area is 78.5 Å². The SMILES string of the molecule is C1CC1.CS(=O)(=O)O.CS(=O)(=O)O. The van der Waals surface area contributed by atoms with E-state index in [2.05, 4.69) is 0 Å². The Morgan fingerprint density at radius 2 is 0.846 bits per heavy atom. The Balaban J connectivity index is 0. The second-order valence-corrected chi connectivity index (χ2v) is 5.46. The highest BCUT2D eigenvalue weighted by atomic mass is 32.2. The molecule has 0 aromatic carbocycles. The van der Waals surface area contributed by atoms with E-state index in [1.54, 1.807) is 0 Å². The van der Waals surface area contributed by atoms with Crippen molar-refractivity contribution in [3.05, 3.63) is 0 Å². The van der Waals surface area contributed by atoms with Gasteiger partial charge in [0.05, 0.1) is 12.5 Å². The first-order valence-electron chi connectivity index (χ1n) is 3.35. The molecule has 1 saturated carbocycles. The van der Waals surface area contributed by atoms with Crippen molar-refractivity contribution in [1.29, 1.82) is 0 Å². The average Bonchev–Trinajstić information content (AvgIpc) is 2.26. The molecule has 0 aromatic rings. The first kappa shape index (κ1) is 15.3. The van der Waals surface area contributed by atoms with E-state index in [0.717, 1.165) is 0 Å². The van der Waals surface area contributed by atoms with Crippen molar-refractivity contribution in [2.45, 2.75) is 19.3 Å². The van der Waals surface area contributed by atoms with Crippen LogP contribution < -0.4 is 0 Å². The van der Waals surface area contributed by atoms with Gasteiger partial charge in [-0.15, -0.1) is 0 Å². The predicted octanol–water partition coefficient (Wildman–Crippen LogP) is 0.178. The van der Waals surface area contributed by atoms with Crippen molar-refractivity contribution in [1.82, 2.24) is 0 Å². The van der Waals surface area contributed by atoms with Crippen LogP contribution in [0.1, 0.15) is 19.3 Å². The topological polar surface area (TPSA) is 109 Å². The summed E-state index contributed by atoms with van der Waals surface area (Å²) in [7, 11) is -7.33. The molecule has 82 valence electrons. The molecule has 0 aromatic heterocycles. The standard InChI is InChI=1S/C3H6.2CH4O3S/c1-2-3-1;2*1-5(2,3)4/h1-3H2;2*1H3,(H,2,3,4). The highest BCUT2D eigenvalue weighted by Crippen LogP contribution is 2.14. The van der Waals surface area contributed by atoms with E-state index in [4.69, 9.17) is 9.11 Å². The summed E-state index contributed by atoms with van der Waals surface area (Å²) < 4.78 is 51.7. The second-order valence-electron chi connectivity index (χ2n) is 2.53. The van der Waals surface area contributed by atoms with Crippen LogP contribution in [0.2, 0.25) is 0 Å². The maximum atomic E-state index is 9.19. The van der Waals surface area contributed by atoms with Crippen molar-refractivity contribution < 1.29 is 25.9 Å². The fraction of sp³-hybridized carbons (Fsp3) is 1.00. The van der Waals surface area contributed by atoms with Crippen LogP contribution >= 0.6 is 0 Å². The summed E-state index contributed by atoms with van der Waals surface area (Å²) in [6.45, 7) is 0. The zero-order valence-electron chi connectivity index (χ0n) is 7.47. The second kappa shape index (κ2) is 6.30. The number of rotatable bonds is 0. The molecular formula is C5H14O6S2. The minimum atomic E-state index is -3.67. The lowest BCUT2D eigenvalue weighted by Crippen LogP contribution is -1.88. The fourth-order valence-corrected chi connectivity index (χ4v) is 0. The van der Waals surface area contributed by atoms with Gasteiger partial charge in [-0.1, -0.05) is 19.3 Å². The zero-order valence-corrected chi connectivity index (χ0v) is 9.10. The smallest absolute Gasteiger partial charge is 0.261 e. The molecule has 1 aliphatic rings. The van der Waals surface area contributed by atoms with Gasteiger partial charge in [0.2, 0.25) is 0 Å². The van der Waals surface area contributed by atoms with Crippen LogP contribution in [-0.4, -0.2) is 38.5 Å². The van der Waals surface area contributed by atoms with Gasteiger partial charge < -0.3 is 0 Å². The van der Waals surface area contributed by atoms with Crippen molar-refractivity contribution in [2.24, 2.45) is 0 Å². The molecule has 2 N–H and O–H groups in total. The zero-order chi connectivity index (χ0) is 11.1. The molecule has 0 amide bonds. The summed E-state index contributed by atoms with van der Waals surface area (Å²) in [6.07, 6.45) is 5.93. The summed E-state index contributed by atoms with van der Waals surface area (Å²) in [6, 6.07) is 0. The fourth-order valence-electron chi connectivity index (χ4n) is 0. The lowest BCUT2D eigenvalue weighted by atomic mass is 11.0. The summed E-state index contributed by atoms with van der Waals surface area (Å²) in [5, 5.41) is 0. The minimum Gasteiger partial charge on any atom is -0.286 e. The summed E-state index contributed by atoms with van der Waals surface area (Å²) in [5.74, 6) is 0. The Bertz CT molecular complexity index is 249. The van der Waals surface area contributed by atoms with Crippen molar-refractivity contribution in [3.8, 4) is 0 Å². The molecule has 6 nitrogen and oxygen atoms in total. The third-order valence-electron chi connectivity index (χ3n) is 0.354. The van der Waals surface area contributed by atoms with E-state index in [9.17, 15) is 16.8 Å². The van der Waals surface area contributed by atoms with Gasteiger partial charge in [0.25, 0.3) is 20.2 Å². The maximum Gasteiger partial charge on any atom is 0.261 e. The lowest BCUT2D eigenvalue weighted by molar-refractivity contribution is 0.488. The predicted molar refractivity (Wildman–Crippen MR) is 48.8 cm³/mol. The molecule has 0 spiro atoms. The third-order valence-corrected chi connectivity index (χ3v) is 0.354. The van der Waals surface area contributed by atoms with Gasteiger partial charge in [0, 0.05) is 0 Å². The van der Waals surface area contributed by atoms with E-state index >= 15 is 0 Å². The van der Waals surface area contributed by atoms with Crippen LogP contribution in [-0.2, 0) is 20.2 Å². The van der Waals surface area contributed by atoms with E-state index in [-0.39, 0.29) is 0 Å². The Hall–Kier alpha value is -0.180. The van der Waals surface area contributed by atoms with Gasteiger partial charge in [0.1, 0.15) is 0 Å². The quantitative estimate of drug-likeness (QED) is 0.579. The summed E-state index contributed by atoms with van der Waals surface area (Å²) in [4.78, 5) is 0. The van der Waals surface area contributed by atoms with Gasteiger partial charge in [-0.25, -0.2) is 0 Å². The largest absolute Gasteiger partial charge is 0.286 e. The van der Waals surface area contributed by atoms with Crippen LogP contribution in [0.25, 0.3) is 0 Å². The van der Waals surface area contributed by atoms with E-state index in [0.29, 0.717) is 12.5 Å². The molecule has 1 rings (SSSR count). The Kier molecular flexibility index (Phi) is 7.41. The van der Waals surface area contributed by atoms with Crippen LogP contribution in [0.15, 0.2) is 0 Å². The third kappa shape index (κ3) is 1700. The number of hydrogen-bond acceptors (Lipinski definition) is 4. The molecule has 0 radical (unpaired) electrons. The van der Waals surface area contributed by atoms with E-state index in [1.165, 1.54) is 19.3 Å². The van der Waals surface area contributed by atoms with Crippen molar-refractivity contribution in [3.63, 3.8) is 0 Å². The van der Waals surface area contributed by atoms with Gasteiger partial charge in [-0.05, 0) is 0 Å². The van der Waals surface area contributed by atoms with Gasteiger partial charge in [0.15, 0.2) is 0 Å². The van der Waals surface area contributed by atoms with Crippen LogP contribution in [0.4, 0.5) is 0 Å². The summed E-state index contributed by atoms with van der Waals surface area (Å²) in [5.41, 5.74) is 0. The highest BCUT2D eigenvalue weighted by molar-refractivity contribution is 7.85. The first-order valence-corrected chi connectivity index (χ1v) is 7.04. The molecule has 0 heterocycles. The molecule has 13 heavy (non-hydrogen) atoms. The molecule has 1 aliphatic carbocycles. The Morgan fingerprint density at radius 1 is 0.769 bits per heavy atom. The van der Waals surface area contributed by atoms with Crippen LogP contribution in [0.3, 0.4) is 0 Å². The molecule has 0 saturated heterocycles.